The van der Waals surface area contributed by atoms with Crippen LogP contribution in [0.4, 0.5) is 14.5 Å². The second-order valence-electron chi connectivity index (χ2n) is 6.86. The molecule has 4 aromatic rings. The lowest BCUT2D eigenvalue weighted by molar-refractivity contribution is -0.114. The first-order valence-corrected chi connectivity index (χ1v) is 9.35. The molecule has 5 nitrogen and oxygen atoms in total. The molecular weight excluding hydrogens is 388 g/mol. The van der Waals surface area contributed by atoms with Crippen LogP contribution < -0.4 is 10.1 Å². The Kier molecular flexibility index (Phi) is 5.18. The molecule has 0 unspecified atom stereocenters. The second kappa shape index (κ2) is 7.94. The third-order valence-electron chi connectivity index (χ3n) is 4.68. The minimum Gasteiger partial charge on any atom is -0.485 e. The molecule has 0 spiro atoms. The van der Waals surface area contributed by atoms with E-state index in [1.807, 2.05) is 35.7 Å². The zero-order chi connectivity index (χ0) is 21.3. The van der Waals surface area contributed by atoms with Crippen LogP contribution in [-0.4, -0.2) is 15.3 Å². The van der Waals surface area contributed by atoms with Crippen molar-refractivity contribution in [1.29, 1.82) is 0 Å². The molecule has 0 saturated carbocycles. The molecule has 2 aromatic heterocycles. The van der Waals surface area contributed by atoms with Gasteiger partial charge in [0.25, 0.3) is 0 Å². The van der Waals surface area contributed by atoms with Crippen molar-refractivity contribution in [1.82, 2.24) is 9.38 Å². The van der Waals surface area contributed by atoms with Crippen molar-refractivity contribution in [2.24, 2.45) is 0 Å². The van der Waals surface area contributed by atoms with Crippen molar-refractivity contribution in [3.8, 4) is 17.0 Å². The number of carbonyl (C=O) groups is 1. The number of anilines is 1. The van der Waals surface area contributed by atoms with Crippen LogP contribution in [0.1, 0.15) is 18.2 Å². The molecule has 152 valence electrons. The van der Waals surface area contributed by atoms with Gasteiger partial charge in [-0.1, -0.05) is 18.2 Å². The van der Waals surface area contributed by atoms with E-state index in [0.29, 0.717) is 17.1 Å². The molecule has 0 radical (unpaired) electrons. The largest absolute Gasteiger partial charge is 0.485 e. The summed E-state index contributed by atoms with van der Waals surface area (Å²) in [6.07, 6.45) is 1.84. The Labute approximate surface area is 171 Å². The van der Waals surface area contributed by atoms with E-state index in [1.165, 1.54) is 25.1 Å². The number of pyridine rings is 1. The van der Waals surface area contributed by atoms with E-state index >= 15 is 0 Å². The van der Waals surface area contributed by atoms with E-state index < -0.39 is 11.6 Å². The van der Waals surface area contributed by atoms with Crippen LogP contribution in [0.2, 0.25) is 0 Å². The Hall–Kier alpha value is -3.74. The van der Waals surface area contributed by atoms with Crippen molar-refractivity contribution in [3.05, 3.63) is 83.7 Å². The lowest BCUT2D eigenvalue weighted by atomic mass is 10.1. The van der Waals surface area contributed by atoms with Gasteiger partial charge in [-0.2, -0.15) is 0 Å². The monoisotopic (exact) mass is 407 g/mol. The zero-order valence-electron chi connectivity index (χ0n) is 16.4. The predicted molar refractivity (Wildman–Crippen MR) is 110 cm³/mol. The molecule has 0 fully saturated rings. The molecule has 0 aliphatic heterocycles. The van der Waals surface area contributed by atoms with Gasteiger partial charge in [-0.25, -0.2) is 13.8 Å². The fourth-order valence-corrected chi connectivity index (χ4v) is 3.38. The number of imidazole rings is 1. The van der Waals surface area contributed by atoms with Crippen molar-refractivity contribution in [2.45, 2.75) is 20.5 Å². The molecule has 0 saturated heterocycles. The van der Waals surface area contributed by atoms with E-state index in [-0.39, 0.29) is 18.1 Å². The van der Waals surface area contributed by atoms with E-state index in [0.717, 1.165) is 17.0 Å². The average Bonchev–Trinajstić information content (AvgIpc) is 3.04. The number of rotatable bonds is 5. The molecule has 2 heterocycles. The standard InChI is InChI=1S/C23H19F2N3O2/c1-14-22(16-6-3-7-17(12-16)27-15(2)29)28-11-5-10-21(23(28)26-14)30-13-18-19(24)8-4-9-20(18)25/h3-12H,13H2,1-2H3,(H,27,29). The van der Waals surface area contributed by atoms with Crippen molar-refractivity contribution in [3.63, 3.8) is 0 Å². The zero-order valence-corrected chi connectivity index (χ0v) is 16.4. The molecule has 0 bridgehead atoms. The predicted octanol–water partition coefficient (Wildman–Crippen LogP) is 5.13. The van der Waals surface area contributed by atoms with Gasteiger partial charge >= 0.3 is 0 Å². The van der Waals surface area contributed by atoms with Crippen LogP contribution in [0.3, 0.4) is 0 Å². The highest BCUT2D eigenvalue weighted by molar-refractivity contribution is 5.89. The van der Waals surface area contributed by atoms with Gasteiger partial charge in [0, 0.05) is 24.4 Å². The third-order valence-corrected chi connectivity index (χ3v) is 4.68. The molecule has 30 heavy (non-hydrogen) atoms. The van der Waals surface area contributed by atoms with Crippen LogP contribution in [0.15, 0.2) is 60.8 Å². The summed E-state index contributed by atoms with van der Waals surface area (Å²) in [5.74, 6) is -1.06. The minimum atomic E-state index is -0.656. The van der Waals surface area contributed by atoms with Crippen LogP contribution in [0.5, 0.6) is 5.75 Å². The number of hydrogen-bond donors (Lipinski definition) is 1. The van der Waals surface area contributed by atoms with Gasteiger partial charge in [0.1, 0.15) is 18.2 Å². The Balaban J connectivity index is 1.72. The first-order valence-electron chi connectivity index (χ1n) is 9.35. The molecule has 7 heteroatoms. The lowest BCUT2D eigenvalue weighted by Crippen LogP contribution is -2.05. The summed E-state index contributed by atoms with van der Waals surface area (Å²) in [6, 6.07) is 14.6. The average molecular weight is 407 g/mol. The van der Waals surface area contributed by atoms with Crippen LogP contribution in [0.25, 0.3) is 16.9 Å². The molecule has 0 aliphatic carbocycles. The van der Waals surface area contributed by atoms with Gasteiger partial charge in [0.05, 0.1) is 17.0 Å². The van der Waals surface area contributed by atoms with Crippen LogP contribution in [-0.2, 0) is 11.4 Å². The van der Waals surface area contributed by atoms with Gasteiger partial charge in [0.15, 0.2) is 11.4 Å². The third kappa shape index (κ3) is 3.74. The Morgan fingerprint density at radius 1 is 1.10 bits per heavy atom. The van der Waals surface area contributed by atoms with E-state index in [1.54, 1.807) is 18.2 Å². The molecule has 0 atom stereocenters. The first-order chi connectivity index (χ1) is 14.4. The SMILES string of the molecule is CC(=O)Nc1cccc(-c2c(C)nc3c(OCc4c(F)cccc4F)cccn23)c1. The van der Waals surface area contributed by atoms with Gasteiger partial charge in [0.2, 0.25) is 5.91 Å². The number of halogens is 2. The summed E-state index contributed by atoms with van der Waals surface area (Å²) < 4.78 is 35.4. The topological polar surface area (TPSA) is 55.6 Å². The highest BCUT2D eigenvalue weighted by Gasteiger charge is 2.16. The molecule has 0 aliphatic rings. The number of carbonyl (C=O) groups excluding carboxylic acids is 1. The van der Waals surface area contributed by atoms with Crippen LogP contribution >= 0.6 is 0 Å². The molecule has 1 amide bonds. The number of hydrogen-bond acceptors (Lipinski definition) is 3. The van der Waals surface area contributed by atoms with Crippen molar-refractivity contribution in [2.75, 3.05) is 5.32 Å². The van der Waals surface area contributed by atoms with Gasteiger partial charge in [-0.3, -0.25) is 9.20 Å². The number of amides is 1. The van der Waals surface area contributed by atoms with E-state index in [4.69, 9.17) is 4.74 Å². The first kappa shape index (κ1) is 19.6. The number of aryl methyl sites for hydroxylation is 1. The van der Waals surface area contributed by atoms with Crippen LogP contribution in [0, 0.1) is 18.6 Å². The quantitative estimate of drug-likeness (QED) is 0.499. The normalized spacial score (nSPS) is 10.9. The molecule has 1 N–H and O–H groups in total. The van der Waals surface area contributed by atoms with Gasteiger partial charge < -0.3 is 10.1 Å². The fourth-order valence-electron chi connectivity index (χ4n) is 3.38. The summed E-state index contributed by atoms with van der Waals surface area (Å²) in [4.78, 5) is 16.0. The summed E-state index contributed by atoms with van der Waals surface area (Å²) in [7, 11) is 0. The Bertz CT molecular complexity index is 1230. The molecular formula is C23H19F2N3O2. The highest BCUT2D eigenvalue weighted by Crippen LogP contribution is 2.31. The number of ether oxygens (including phenoxy) is 1. The van der Waals surface area contributed by atoms with Gasteiger partial charge in [-0.15, -0.1) is 0 Å². The highest BCUT2D eigenvalue weighted by atomic mass is 19.1. The minimum absolute atomic E-state index is 0.133. The second-order valence-corrected chi connectivity index (χ2v) is 6.86. The summed E-state index contributed by atoms with van der Waals surface area (Å²) in [6.45, 7) is 3.07. The lowest BCUT2D eigenvalue weighted by Gasteiger charge is -2.10. The maximum atomic E-state index is 13.9. The number of nitrogens with one attached hydrogen (secondary N) is 1. The number of fused-ring (bicyclic) bond motifs is 1. The van der Waals surface area contributed by atoms with Crippen molar-refractivity contribution >= 4 is 17.2 Å². The summed E-state index contributed by atoms with van der Waals surface area (Å²) >= 11 is 0. The van der Waals surface area contributed by atoms with E-state index in [2.05, 4.69) is 10.3 Å². The number of benzene rings is 2. The Morgan fingerprint density at radius 3 is 2.57 bits per heavy atom. The maximum absolute atomic E-state index is 13.9. The smallest absolute Gasteiger partial charge is 0.221 e. The molecule has 2 aromatic carbocycles. The molecule has 4 rings (SSSR count). The maximum Gasteiger partial charge on any atom is 0.221 e. The number of nitrogens with zero attached hydrogens (tertiary/aromatic N) is 2. The Morgan fingerprint density at radius 2 is 1.83 bits per heavy atom. The summed E-state index contributed by atoms with van der Waals surface area (Å²) in [5.41, 5.74) is 3.53. The summed E-state index contributed by atoms with van der Waals surface area (Å²) in [5, 5.41) is 2.77. The van der Waals surface area contributed by atoms with E-state index in [9.17, 15) is 13.6 Å². The number of aromatic nitrogens is 2. The van der Waals surface area contributed by atoms with Crippen molar-refractivity contribution < 1.29 is 18.3 Å². The van der Waals surface area contributed by atoms with Gasteiger partial charge in [-0.05, 0) is 43.3 Å². The fraction of sp³-hybridized carbons (Fsp3) is 0.130.